The monoisotopic (exact) mass is 286 g/mol. The van der Waals surface area contributed by atoms with Gasteiger partial charge in [-0.1, -0.05) is 30.4 Å². The fourth-order valence-corrected chi connectivity index (χ4v) is 2.18. The third-order valence-corrected chi connectivity index (χ3v) is 3.18. The first-order valence-corrected chi connectivity index (χ1v) is 6.80. The van der Waals surface area contributed by atoms with Crippen molar-refractivity contribution >= 4 is 28.6 Å². The van der Waals surface area contributed by atoms with Crippen LogP contribution >= 0.6 is 12.2 Å². The van der Waals surface area contributed by atoms with E-state index in [1.807, 2.05) is 49.5 Å². The van der Waals surface area contributed by atoms with Gasteiger partial charge in [-0.25, -0.2) is 0 Å². The number of ether oxygens (including phenoxy) is 1. The summed E-state index contributed by atoms with van der Waals surface area (Å²) >= 11 is 5.39. The Morgan fingerprint density at radius 1 is 1.10 bits per heavy atom. The molecule has 0 atom stereocenters. The van der Waals surface area contributed by atoms with Gasteiger partial charge in [0.1, 0.15) is 5.75 Å². The van der Waals surface area contributed by atoms with E-state index in [2.05, 4.69) is 22.3 Å². The van der Waals surface area contributed by atoms with E-state index in [0.29, 0.717) is 6.54 Å². The van der Waals surface area contributed by atoms with Gasteiger partial charge in [-0.15, -0.1) is 0 Å². The van der Waals surface area contributed by atoms with Crippen molar-refractivity contribution in [3.05, 3.63) is 54.6 Å². The molecule has 0 heterocycles. The molecule has 0 aromatic heterocycles. The van der Waals surface area contributed by atoms with Gasteiger partial charge in [0, 0.05) is 18.4 Å². The number of anilines is 2. The Bertz CT molecular complexity index is 554. The molecule has 0 amide bonds. The lowest BCUT2D eigenvalue weighted by Gasteiger charge is -2.20. The molecule has 1 N–H and O–H groups in total. The predicted molar refractivity (Wildman–Crippen MR) is 88.9 cm³/mol. The molecule has 2 aromatic carbocycles. The highest BCUT2D eigenvalue weighted by atomic mass is 32.1. The highest BCUT2D eigenvalue weighted by Gasteiger charge is 2.04. The third kappa shape index (κ3) is 3.96. The van der Waals surface area contributed by atoms with Crippen LogP contribution in [0.5, 0.6) is 5.75 Å². The Balaban J connectivity index is 1.91. The van der Waals surface area contributed by atoms with Crippen LogP contribution in [0.3, 0.4) is 0 Å². The molecule has 2 aromatic rings. The number of rotatable bonds is 5. The summed E-state index contributed by atoms with van der Waals surface area (Å²) in [6.45, 7) is 0.672. The highest BCUT2D eigenvalue weighted by molar-refractivity contribution is 7.80. The van der Waals surface area contributed by atoms with Gasteiger partial charge in [-0.05, 0) is 36.4 Å². The van der Waals surface area contributed by atoms with Crippen molar-refractivity contribution in [3.63, 3.8) is 0 Å². The number of thiocarbonyl (C=S) groups is 1. The number of nitrogens with zero attached hydrogens (tertiary/aromatic N) is 1. The van der Waals surface area contributed by atoms with Crippen LogP contribution in [-0.4, -0.2) is 25.7 Å². The maximum Gasteiger partial charge on any atom is 0.119 e. The molecular weight excluding hydrogens is 268 g/mol. The Morgan fingerprint density at radius 2 is 1.75 bits per heavy atom. The molecule has 2 rings (SSSR count). The lowest BCUT2D eigenvalue weighted by atomic mass is 10.3. The second-order valence-electron chi connectivity index (χ2n) is 4.47. The van der Waals surface area contributed by atoms with E-state index in [1.165, 1.54) is 0 Å². The quantitative estimate of drug-likeness (QED) is 0.849. The first-order valence-electron chi connectivity index (χ1n) is 6.39. The number of nitrogens with one attached hydrogen (secondary N) is 1. The molecule has 0 saturated heterocycles. The lowest BCUT2D eigenvalue weighted by Crippen LogP contribution is -2.28. The predicted octanol–water partition coefficient (Wildman–Crippen LogP) is 3.57. The van der Waals surface area contributed by atoms with E-state index < -0.39 is 0 Å². The van der Waals surface area contributed by atoms with Crippen LogP contribution in [0.2, 0.25) is 0 Å². The largest absolute Gasteiger partial charge is 0.497 e. The van der Waals surface area contributed by atoms with Gasteiger partial charge in [0.25, 0.3) is 0 Å². The summed E-state index contributed by atoms with van der Waals surface area (Å²) in [4.78, 5) is 2.89. The van der Waals surface area contributed by atoms with Gasteiger partial charge >= 0.3 is 0 Å². The number of benzene rings is 2. The SMILES string of the molecule is COc1ccc(NC(=S)CN(C)c2ccccc2)cc1. The van der Waals surface area contributed by atoms with Crippen LogP contribution in [0, 0.1) is 0 Å². The molecule has 0 aliphatic heterocycles. The summed E-state index contributed by atoms with van der Waals surface area (Å²) in [5, 5.41) is 3.23. The number of likely N-dealkylation sites (N-methyl/N-ethyl adjacent to an activating group) is 1. The average Bonchev–Trinajstić information content (AvgIpc) is 2.49. The first-order chi connectivity index (χ1) is 9.69. The summed E-state index contributed by atoms with van der Waals surface area (Å²) in [6.07, 6.45) is 0. The van der Waals surface area contributed by atoms with Crippen LogP contribution in [0.4, 0.5) is 11.4 Å². The molecule has 0 spiro atoms. The smallest absolute Gasteiger partial charge is 0.119 e. The topological polar surface area (TPSA) is 24.5 Å². The van der Waals surface area contributed by atoms with Crippen LogP contribution in [0.1, 0.15) is 0 Å². The number of hydrogen-bond donors (Lipinski definition) is 1. The Kier molecular flexibility index (Phi) is 4.96. The second-order valence-corrected chi connectivity index (χ2v) is 4.96. The van der Waals surface area contributed by atoms with E-state index in [0.717, 1.165) is 22.1 Å². The normalized spacial score (nSPS) is 9.90. The van der Waals surface area contributed by atoms with Crippen LogP contribution in [-0.2, 0) is 0 Å². The van der Waals surface area contributed by atoms with Crippen molar-refractivity contribution in [2.45, 2.75) is 0 Å². The lowest BCUT2D eigenvalue weighted by molar-refractivity contribution is 0.415. The van der Waals surface area contributed by atoms with Gasteiger partial charge in [0.15, 0.2) is 0 Å². The summed E-state index contributed by atoms with van der Waals surface area (Å²) in [5.74, 6) is 0.836. The van der Waals surface area contributed by atoms with Gasteiger partial charge in [0.2, 0.25) is 0 Å². The van der Waals surface area contributed by atoms with E-state index in [9.17, 15) is 0 Å². The maximum absolute atomic E-state index is 5.39. The molecule has 0 saturated carbocycles. The van der Waals surface area contributed by atoms with Gasteiger partial charge in [-0.2, -0.15) is 0 Å². The minimum atomic E-state index is 0.672. The summed E-state index contributed by atoms with van der Waals surface area (Å²) in [7, 11) is 3.68. The Hall–Kier alpha value is -2.07. The zero-order valence-electron chi connectivity index (χ0n) is 11.7. The average molecular weight is 286 g/mol. The zero-order chi connectivity index (χ0) is 14.4. The van der Waals surface area contributed by atoms with E-state index in [-0.39, 0.29) is 0 Å². The molecule has 4 heteroatoms. The molecule has 0 unspecified atom stereocenters. The van der Waals surface area contributed by atoms with E-state index in [4.69, 9.17) is 17.0 Å². The maximum atomic E-state index is 5.39. The number of methoxy groups -OCH3 is 1. The minimum absolute atomic E-state index is 0.672. The molecule has 104 valence electrons. The third-order valence-electron chi connectivity index (χ3n) is 2.95. The van der Waals surface area contributed by atoms with Gasteiger partial charge in [-0.3, -0.25) is 0 Å². The molecule has 0 fully saturated rings. The molecule has 0 aliphatic carbocycles. The minimum Gasteiger partial charge on any atom is -0.497 e. The van der Waals surface area contributed by atoms with Crippen molar-refractivity contribution in [1.29, 1.82) is 0 Å². The molecular formula is C16H18N2OS. The zero-order valence-corrected chi connectivity index (χ0v) is 12.5. The summed E-state index contributed by atoms with van der Waals surface area (Å²) in [6, 6.07) is 17.9. The first kappa shape index (κ1) is 14.3. The fraction of sp³-hybridized carbons (Fsp3) is 0.188. The summed E-state index contributed by atoms with van der Waals surface area (Å²) < 4.78 is 5.13. The number of hydrogen-bond acceptors (Lipinski definition) is 3. The van der Waals surface area contributed by atoms with Crippen LogP contribution in [0.15, 0.2) is 54.6 Å². The van der Waals surface area contributed by atoms with Crippen molar-refractivity contribution in [2.75, 3.05) is 30.9 Å². The van der Waals surface area contributed by atoms with Crippen LogP contribution in [0.25, 0.3) is 0 Å². The Morgan fingerprint density at radius 3 is 2.35 bits per heavy atom. The van der Waals surface area contributed by atoms with Gasteiger partial charge < -0.3 is 15.0 Å². The molecule has 0 aliphatic rings. The molecule has 0 radical (unpaired) electrons. The second kappa shape index (κ2) is 6.91. The van der Waals surface area contributed by atoms with Crippen molar-refractivity contribution in [3.8, 4) is 5.75 Å². The molecule has 3 nitrogen and oxygen atoms in total. The number of para-hydroxylation sites is 1. The van der Waals surface area contributed by atoms with Gasteiger partial charge in [0.05, 0.1) is 18.6 Å². The Labute approximate surface area is 125 Å². The van der Waals surface area contributed by atoms with Crippen molar-refractivity contribution in [1.82, 2.24) is 0 Å². The van der Waals surface area contributed by atoms with Crippen LogP contribution < -0.4 is 15.0 Å². The van der Waals surface area contributed by atoms with Crippen molar-refractivity contribution < 1.29 is 4.74 Å². The molecule has 20 heavy (non-hydrogen) atoms. The summed E-state index contributed by atoms with van der Waals surface area (Å²) in [5.41, 5.74) is 2.11. The highest BCUT2D eigenvalue weighted by Crippen LogP contribution is 2.16. The van der Waals surface area contributed by atoms with E-state index >= 15 is 0 Å². The van der Waals surface area contributed by atoms with E-state index in [1.54, 1.807) is 7.11 Å². The molecule has 0 bridgehead atoms. The fourth-order valence-electron chi connectivity index (χ4n) is 1.86. The standard InChI is InChI=1S/C16H18N2OS/c1-18(14-6-4-3-5-7-14)12-16(20)17-13-8-10-15(19-2)11-9-13/h3-11H,12H2,1-2H3,(H,17,20). The van der Waals surface area contributed by atoms with Crippen molar-refractivity contribution in [2.24, 2.45) is 0 Å².